The fourth-order valence-corrected chi connectivity index (χ4v) is 2.72. The highest BCUT2D eigenvalue weighted by Gasteiger charge is 2.27. The van der Waals surface area contributed by atoms with Crippen LogP contribution in [0.5, 0.6) is 5.75 Å². The molecule has 1 saturated heterocycles. The molecule has 0 spiro atoms. The van der Waals surface area contributed by atoms with Crippen molar-refractivity contribution in [1.29, 1.82) is 0 Å². The molecular formula is C15H18BrNO4. The lowest BCUT2D eigenvalue weighted by molar-refractivity contribution is -0.149. The standard InChI is InChI=1S/C15H18BrNO4/c1-20-15(19)11-6-8-17(9-7-11)14(18)10-21-13-5-3-2-4-12(13)16/h2-5,11H,6-10H2,1H3. The number of ether oxygens (including phenoxy) is 2. The van der Waals surface area contributed by atoms with Gasteiger partial charge in [-0.25, -0.2) is 0 Å². The van der Waals surface area contributed by atoms with Gasteiger partial charge in [-0.2, -0.15) is 0 Å². The molecule has 0 aliphatic carbocycles. The maximum absolute atomic E-state index is 12.1. The summed E-state index contributed by atoms with van der Waals surface area (Å²) in [6, 6.07) is 7.41. The third-order valence-corrected chi connectivity index (χ3v) is 4.23. The van der Waals surface area contributed by atoms with Crippen molar-refractivity contribution in [3.63, 3.8) is 0 Å². The first-order valence-electron chi connectivity index (χ1n) is 6.84. The topological polar surface area (TPSA) is 55.8 Å². The molecule has 1 aromatic rings. The van der Waals surface area contributed by atoms with Gasteiger partial charge in [0.05, 0.1) is 17.5 Å². The van der Waals surface area contributed by atoms with Crippen molar-refractivity contribution in [2.24, 2.45) is 5.92 Å². The van der Waals surface area contributed by atoms with E-state index in [1.54, 1.807) is 11.0 Å². The number of nitrogens with zero attached hydrogens (tertiary/aromatic N) is 1. The molecule has 0 atom stereocenters. The van der Waals surface area contributed by atoms with Crippen molar-refractivity contribution in [3.8, 4) is 5.75 Å². The second-order valence-electron chi connectivity index (χ2n) is 4.90. The van der Waals surface area contributed by atoms with Gasteiger partial charge < -0.3 is 14.4 Å². The zero-order valence-electron chi connectivity index (χ0n) is 11.9. The summed E-state index contributed by atoms with van der Waals surface area (Å²) < 4.78 is 11.1. The molecule has 1 heterocycles. The predicted molar refractivity (Wildman–Crippen MR) is 81.0 cm³/mol. The van der Waals surface area contributed by atoms with Gasteiger partial charge in [-0.3, -0.25) is 9.59 Å². The Kier molecular flexibility index (Phi) is 5.61. The molecule has 21 heavy (non-hydrogen) atoms. The largest absolute Gasteiger partial charge is 0.483 e. The molecule has 0 radical (unpaired) electrons. The fraction of sp³-hybridized carbons (Fsp3) is 0.467. The number of hydrogen-bond donors (Lipinski definition) is 0. The number of likely N-dealkylation sites (tertiary alicyclic amines) is 1. The number of methoxy groups -OCH3 is 1. The molecule has 5 nitrogen and oxygen atoms in total. The van der Waals surface area contributed by atoms with Crippen LogP contribution in [0.2, 0.25) is 0 Å². The van der Waals surface area contributed by atoms with Crippen molar-refractivity contribution < 1.29 is 19.1 Å². The Morgan fingerprint density at radius 2 is 1.95 bits per heavy atom. The van der Waals surface area contributed by atoms with E-state index in [-0.39, 0.29) is 24.4 Å². The van der Waals surface area contributed by atoms with E-state index in [1.807, 2.05) is 18.2 Å². The van der Waals surface area contributed by atoms with Crippen LogP contribution in [0.3, 0.4) is 0 Å². The Bertz CT molecular complexity index is 512. The van der Waals surface area contributed by atoms with Crippen LogP contribution in [0.15, 0.2) is 28.7 Å². The second kappa shape index (κ2) is 7.45. The summed E-state index contributed by atoms with van der Waals surface area (Å²) in [5, 5.41) is 0. The number of amides is 1. The van der Waals surface area contributed by atoms with Crippen molar-refractivity contribution in [2.75, 3.05) is 26.8 Å². The Balaban J connectivity index is 1.80. The highest BCUT2D eigenvalue weighted by molar-refractivity contribution is 9.10. The van der Waals surface area contributed by atoms with Crippen LogP contribution in [-0.4, -0.2) is 43.6 Å². The average Bonchev–Trinajstić information content (AvgIpc) is 2.53. The van der Waals surface area contributed by atoms with E-state index in [0.29, 0.717) is 31.7 Å². The summed E-state index contributed by atoms with van der Waals surface area (Å²) in [5.41, 5.74) is 0. The summed E-state index contributed by atoms with van der Waals surface area (Å²) in [7, 11) is 1.39. The lowest BCUT2D eigenvalue weighted by Crippen LogP contribution is -2.42. The minimum atomic E-state index is -0.188. The summed E-state index contributed by atoms with van der Waals surface area (Å²) in [6.45, 7) is 1.14. The third-order valence-electron chi connectivity index (χ3n) is 3.57. The van der Waals surface area contributed by atoms with Crippen molar-refractivity contribution >= 4 is 27.8 Å². The molecule has 2 rings (SSSR count). The number of benzene rings is 1. The van der Waals surface area contributed by atoms with Crippen LogP contribution in [0.25, 0.3) is 0 Å². The monoisotopic (exact) mass is 355 g/mol. The van der Waals surface area contributed by atoms with E-state index < -0.39 is 0 Å². The molecule has 1 aliphatic heterocycles. The van der Waals surface area contributed by atoms with Crippen LogP contribution in [0.4, 0.5) is 0 Å². The van der Waals surface area contributed by atoms with Crippen LogP contribution in [0.1, 0.15) is 12.8 Å². The maximum atomic E-state index is 12.1. The number of carbonyl (C=O) groups excluding carboxylic acids is 2. The van der Waals surface area contributed by atoms with Crippen molar-refractivity contribution in [2.45, 2.75) is 12.8 Å². The zero-order valence-corrected chi connectivity index (χ0v) is 13.5. The first-order valence-corrected chi connectivity index (χ1v) is 7.64. The molecular weight excluding hydrogens is 338 g/mol. The van der Waals surface area contributed by atoms with Gasteiger partial charge in [0.15, 0.2) is 6.61 Å². The third kappa shape index (κ3) is 4.20. The van der Waals surface area contributed by atoms with Crippen LogP contribution >= 0.6 is 15.9 Å². The number of piperidine rings is 1. The number of rotatable bonds is 4. The molecule has 0 bridgehead atoms. The number of halogens is 1. The summed E-state index contributed by atoms with van der Waals surface area (Å²) >= 11 is 3.37. The van der Waals surface area contributed by atoms with Gasteiger partial charge in [-0.1, -0.05) is 12.1 Å². The predicted octanol–water partition coefficient (Wildman–Crippen LogP) is 2.24. The van der Waals surface area contributed by atoms with E-state index in [4.69, 9.17) is 9.47 Å². The van der Waals surface area contributed by atoms with Gasteiger partial charge in [0, 0.05) is 13.1 Å². The van der Waals surface area contributed by atoms with E-state index in [9.17, 15) is 9.59 Å². The van der Waals surface area contributed by atoms with Gasteiger partial charge >= 0.3 is 5.97 Å². The quantitative estimate of drug-likeness (QED) is 0.777. The summed E-state index contributed by atoms with van der Waals surface area (Å²) in [6.07, 6.45) is 1.29. The highest BCUT2D eigenvalue weighted by Crippen LogP contribution is 2.24. The Morgan fingerprint density at radius 1 is 1.29 bits per heavy atom. The first kappa shape index (κ1) is 15.8. The average molecular weight is 356 g/mol. The molecule has 0 aromatic heterocycles. The second-order valence-corrected chi connectivity index (χ2v) is 5.75. The van der Waals surface area contributed by atoms with Crippen LogP contribution < -0.4 is 4.74 Å². The summed E-state index contributed by atoms with van der Waals surface area (Å²) in [5.74, 6) is 0.305. The molecule has 114 valence electrons. The number of esters is 1. The molecule has 6 heteroatoms. The van der Waals surface area contributed by atoms with Gasteiger partial charge in [-0.05, 0) is 40.9 Å². The minimum Gasteiger partial charge on any atom is -0.483 e. The summed E-state index contributed by atoms with van der Waals surface area (Å²) in [4.78, 5) is 25.3. The molecule has 0 unspecified atom stereocenters. The molecule has 1 aromatic carbocycles. The number of carbonyl (C=O) groups is 2. The molecule has 1 aliphatic rings. The van der Waals surface area contributed by atoms with E-state index in [1.165, 1.54) is 7.11 Å². The minimum absolute atomic E-state index is 0.00546. The first-order chi connectivity index (χ1) is 10.1. The van der Waals surface area contributed by atoms with Crippen LogP contribution in [-0.2, 0) is 14.3 Å². The molecule has 0 N–H and O–H groups in total. The Morgan fingerprint density at radius 3 is 2.57 bits per heavy atom. The molecule has 0 saturated carbocycles. The van der Waals surface area contributed by atoms with Gasteiger partial charge in [-0.15, -0.1) is 0 Å². The van der Waals surface area contributed by atoms with Gasteiger partial charge in [0.25, 0.3) is 5.91 Å². The van der Waals surface area contributed by atoms with Crippen molar-refractivity contribution in [3.05, 3.63) is 28.7 Å². The number of hydrogen-bond acceptors (Lipinski definition) is 4. The van der Waals surface area contributed by atoms with Gasteiger partial charge in [0.1, 0.15) is 5.75 Å². The van der Waals surface area contributed by atoms with E-state index in [0.717, 1.165) is 4.47 Å². The highest BCUT2D eigenvalue weighted by atomic mass is 79.9. The fourth-order valence-electron chi connectivity index (χ4n) is 2.32. The maximum Gasteiger partial charge on any atom is 0.308 e. The molecule has 1 fully saturated rings. The smallest absolute Gasteiger partial charge is 0.308 e. The zero-order chi connectivity index (χ0) is 15.2. The van der Waals surface area contributed by atoms with E-state index in [2.05, 4.69) is 15.9 Å². The normalized spacial score (nSPS) is 15.6. The lowest BCUT2D eigenvalue weighted by Gasteiger charge is -2.30. The van der Waals surface area contributed by atoms with Crippen molar-refractivity contribution in [1.82, 2.24) is 4.90 Å². The number of para-hydroxylation sites is 1. The lowest BCUT2D eigenvalue weighted by atomic mass is 9.97. The van der Waals surface area contributed by atoms with Gasteiger partial charge in [0.2, 0.25) is 0 Å². The molecule has 1 amide bonds. The Hall–Kier alpha value is -1.56. The Labute approximate surface area is 132 Å². The van der Waals surface area contributed by atoms with Crippen LogP contribution in [0, 0.1) is 5.92 Å². The van der Waals surface area contributed by atoms with E-state index >= 15 is 0 Å². The SMILES string of the molecule is COC(=O)C1CCN(C(=O)COc2ccccc2Br)CC1.